The Kier molecular flexibility index (Phi) is 3.37. The fourth-order valence-corrected chi connectivity index (χ4v) is 4.90. The van der Waals surface area contributed by atoms with Crippen LogP contribution < -0.4 is 0 Å². The first-order valence-corrected chi connectivity index (χ1v) is 9.31. The maximum Gasteiger partial charge on any atom is 0.410 e. The Morgan fingerprint density at radius 3 is 2.27 bits per heavy atom. The highest BCUT2D eigenvalue weighted by atomic mass is 16.6. The highest BCUT2D eigenvalue weighted by Crippen LogP contribution is 2.51. The van der Waals surface area contributed by atoms with Gasteiger partial charge in [-0.2, -0.15) is 0 Å². The van der Waals surface area contributed by atoms with E-state index >= 15 is 0 Å². The number of terminal acetylenes is 1. The molecule has 0 unspecified atom stereocenters. The molecule has 0 bridgehead atoms. The third-order valence-electron chi connectivity index (χ3n) is 6.42. The number of nitrogens with zero attached hydrogens (tertiary/aromatic N) is 1. The monoisotopic (exact) mass is 343 g/mol. The largest absolute Gasteiger partial charge is 0.448 e. The van der Waals surface area contributed by atoms with Gasteiger partial charge in [0.2, 0.25) is 0 Å². The van der Waals surface area contributed by atoms with Crippen molar-refractivity contribution in [1.82, 2.24) is 4.90 Å². The SMILES string of the molecule is C#CC1CC2(CCN2C(=O)OCC2c3ccccc3-c3ccccc32)C1. The first kappa shape index (κ1) is 15.5. The second kappa shape index (κ2) is 5.64. The molecule has 1 saturated heterocycles. The van der Waals surface area contributed by atoms with Crippen LogP contribution in [0.15, 0.2) is 48.5 Å². The molecule has 0 N–H and O–H groups in total. The minimum absolute atomic E-state index is 0.0143. The predicted molar refractivity (Wildman–Crippen MR) is 101 cm³/mol. The van der Waals surface area contributed by atoms with Gasteiger partial charge in [-0.1, -0.05) is 48.5 Å². The van der Waals surface area contributed by atoms with Gasteiger partial charge < -0.3 is 9.64 Å². The maximum absolute atomic E-state index is 12.7. The van der Waals surface area contributed by atoms with Crippen molar-refractivity contribution in [3.05, 3.63) is 59.7 Å². The quantitative estimate of drug-likeness (QED) is 0.755. The van der Waals surface area contributed by atoms with E-state index in [9.17, 15) is 4.79 Å². The van der Waals surface area contributed by atoms with Crippen LogP contribution in [0.3, 0.4) is 0 Å². The summed E-state index contributed by atoms with van der Waals surface area (Å²) >= 11 is 0. The van der Waals surface area contributed by atoms with Gasteiger partial charge >= 0.3 is 6.09 Å². The zero-order valence-corrected chi connectivity index (χ0v) is 14.7. The summed E-state index contributed by atoms with van der Waals surface area (Å²) in [6, 6.07) is 16.8. The Morgan fingerprint density at radius 2 is 1.73 bits per heavy atom. The lowest BCUT2D eigenvalue weighted by Gasteiger charge is -2.59. The normalized spacial score (nSPS) is 25.7. The third kappa shape index (κ3) is 2.12. The van der Waals surface area contributed by atoms with Crippen molar-refractivity contribution in [2.45, 2.75) is 30.7 Å². The van der Waals surface area contributed by atoms with Crippen molar-refractivity contribution >= 4 is 6.09 Å². The standard InChI is InChI=1S/C23H21NO2/c1-2-16-13-23(14-16)11-12-24(23)22(25)26-15-21-19-9-5-3-7-17(19)18-8-4-6-10-20(18)21/h1,3-10,16,21H,11-15H2. The molecule has 3 nitrogen and oxygen atoms in total. The summed E-state index contributed by atoms with van der Waals surface area (Å²) in [7, 11) is 0. The minimum Gasteiger partial charge on any atom is -0.448 e. The Hall–Kier alpha value is -2.73. The minimum atomic E-state index is -0.186. The number of carbonyl (C=O) groups excluding carboxylic acids is 1. The Morgan fingerprint density at radius 1 is 1.12 bits per heavy atom. The number of likely N-dealkylation sites (tertiary alicyclic amines) is 1. The fraction of sp³-hybridized carbons (Fsp3) is 0.348. The number of hydrogen-bond donors (Lipinski definition) is 0. The summed E-state index contributed by atoms with van der Waals surface area (Å²) in [5, 5.41) is 0. The second-order valence-corrected chi connectivity index (χ2v) is 7.70. The molecule has 0 radical (unpaired) electrons. The number of benzene rings is 2. The zero-order chi connectivity index (χ0) is 17.7. The molecule has 1 aliphatic heterocycles. The zero-order valence-electron chi connectivity index (χ0n) is 14.7. The molecule has 2 aromatic carbocycles. The summed E-state index contributed by atoms with van der Waals surface area (Å²) < 4.78 is 5.78. The summed E-state index contributed by atoms with van der Waals surface area (Å²) in [4.78, 5) is 14.6. The van der Waals surface area contributed by atoms with Gasteiger partial charge in [0, 0.05) is 18.4 Å². The number of rotatable bonds is 2. The molecular weight excluding hydrogens is 322 g/mol. The van der Waals surface area contributed by atoms with Crippen LogP contribution in [-0.4, -0.2) is 29.7 Å². The summed E-state index contributed by atoms with van der Waals surface area (Å²) in [6.07, 6.45) is 8.22. The van der Waals surface area contributed by atoms with E-state index in [-0.39, 0.29) is 17.6 Å². The van der Waals surface area contributed by atoms with Gasteiger partial charge in [-0.05, 0) is 41.5 Å². The molecule has 1 heterocycles. The van der Waals surface area contributed by atoms with Crippen molar-refractivity contribution < 1.29 is 9.53 Å². The highest BCUT2D eigenvalue weighted by Gasteiger charge is 2.56. The number of carbonyl (C=O) groups is 1. The van der Waals surface area contributed by atoms with Crippen LogP contribution in [0.1, 0.15) is 36.3 Å². The van der Waals surface area contributed by atoms with Crippen LogP contribution in [0.2, 0.25) is 0 Å². The average molecular weight is 343 g/mol. The highest BCUT2D eigenvalue weighted by molar-refractivity contribution is 5.79. The summed E-state index contributed by atoms with van der Waals surface area (Å²) in [5.41, 5.74) is 4.98. The molecule has 130 valence electrons. The van der Waals surface area contributed by atoms with Gasteiger partial charge in [-0.25, -0.2) is 4.79 Å². The van der Waals surface area contributed by atoms with Crippen LogP contribution in [0, 0.1) is 18.3 Å². The van der Waals surface area contributed by atoms with E-state index in [2.05, 4.69) is 54.5 Å². The molecular formula is C23H21NO2. The number of hydrogen-bond acceptors (Lipinski definition) is 2. The van der Waals surface area contributed by atoms with Crippen LogP contribution in [-0.2, 0) is 4.74 Å². The van der Waals surface area contributed by atoms with Crippen LogP contribution in [0.25, 0.3) is 11.1 Å². The Balaban J connectivity index is 1.32. The van der Waals surface area contributed by atoms with Crippen LogP contribution >= 0.6 is 0 Å². The van der Waals surface area contributed by atoms with Gasteiger partial charge in [0.25, 0.3) is 0 Å². The first-order valence-electron chi connectivity index (χ1n) is 9.31. The molecule has 2 aliphatic carbocycles. The summed E-state index contributed by atoms with van der Waals surface area (Å²) in [6.45, 7) is 1.17. The van der Waals surface area contributed by atoms with Gasteiger partial charge in [0.05, 0.1) is 5.54 Å². The third-order valence-corrected chi connectivity index (χ3v) is 6.42. The van der Waals surface area contributed by atoms with E-state index in [4.69, 9.17) is 11.2 Å². The molecule has 1 amide bonds. The van der Waals surface area contributed by atoms with Crippen molar-refractivity contribution in [3.63, 3.8) is 0 Å². The van der Waals surface area contributed by atoms with Crippen LogP contribution in [0.4, 0.5) is 4.79 Å². The molecule has 2 aromatic rings. The molecule has 0 aromatic heterocycles. The van der Waals surface area contributed by atoms with Crippen molar-refractivity contribution in [3.8, 4) is 23.5 Å². The molecule has 1 spiro atoms. The van der Waals surface area contributed by atoms with E-state index < -0.39 is 0 Å². The van der Waals surface area contributed by atoms with Crippen molar-refractivity contribution in [2.24, 2.45) is 5.92 Å². The molecule has 0 atom stereocenters. The maximum atomic E-state index is 12.7. The number of ether oxygens (including phenoxy) is 1. The van der Waals surface area contributed by atoms with E-state index in [1.54, 1.807) is 0 Å². The predicted octanol–water partition coefficient (Wildman–Crippen LogP) is 4.42. The molecule has 5 rings (SSSR count). The van der Waals surface area contributed by atoms with Crippen molar-refractivity contribution in [1.29, 1.82) is 0 Å². The van der Waals surface area contributed by atoms with E-state index in [1.807, 2.05) is 4.90 Å². The fourth-order valence-electron chi connectivity index (χ4n) is 4.90. The number of amides is 1. The van der Waals surface area contributed by atoms with Gasteiger partial charge in [0.1, 0.15) is 6.61 Å². The molecule has 2 fully saturated rings. The lowest BCUT2D eigenvalue weighted by molar-refractivity contribution is -0.0779. The van der Waals surface area contributed by atoms with E-state index in [1.165, 1.54) is 22.3 Å². The van der Waals surface area contributed by atoms with E-state index in [0.717, 1.165) is 25.8 Å². The smallest absolute Gasteiger partial charge is 0.410 e. The lowest BCUT2D eigenvalue weighted by atomic mass is 9.62. The summed E-state index contributed by atoms with van der Waals surface area (Å²) in [5.74, 6) is 3.24. The Bertz CT molecular complexity index is 874. The second-order valence-electron chi connectivity index (χ2n) is 7.70. The molecule has 26 heavy (non-hydrogen) atoms. The van der Waals surface area contributed by atoms with Crippen molar-refractivity contribution in [2.75, 3.05) is 13.2 Å². The first-order chi connectivity index (χ1) is 12.7. The average Bonchev–Trinajstić information content (AvgIpc) is 2.92. The topological polar surface area (TPSA) is 29.5 Å². The molecule has 3 aliphatic rings. The molecule has 1 saturated carbocycles. The van der Waals surface area contributed by atoms with Gasteiger partial charge in [-0.3, -0.25) is 0 Å². The number of fused-ring (bicyclic) bond motifs is 3. The van der Waals surface area contributed by atoms with Gasteiger partial charge in [-0.15, -0.1) is 12.3 Å². The Labute approximate surface area is 154 Å². The molecule has 3 heteroatoms. The van der Waals surface area contributed by atoms with Crippen LogP contribution in [0.5, 0.6) is 0 Å². The van der Waals surface area contributed by atoms with Gasteiger partial charge in [0.15, 0.2) is 0 Å². The van der Waals surface area contributed by atoms with E-state index in [0.29, 0.717) is 12.5 Å². The lowest BCUT2D eigenvalue weighted by Crippen LogP contribution is -2.68.